The van der Waals surface area contributed by atoms with Crippen LogP contribution in [-0.2, 0) is 20.5 Å². The number of ketones is 1. The highest BCUT2D eigenvalue weighted by Gasteiger charge is 2.46. The number of methoxy groups -OCH3 is 1. The first-order chi connectivity index (χ1) is 15.9. The molecule has 4 rings (SSSR count). The number of allylic oxidation sites excluding steroid dienone is 2. The van der Waals surface area contributed by atoms with Crippen molar-refractivity contribution in [2.45, 2.75) is 38.8 Å². The molecular weight excluding hydrogens is 447 g/mol. The first kappa shape index (κ1) is 23.5. The second-order valence-corrected chi connectivity index (χ2v) is 9.19. The first-order valence-electron chi connectivity index (χ1n) is 10.7. The number of halogens is 3. The molecule has 0 spiro atoms. The van der Waals surface area contributed by atoms with E-state index in [4.69, 9.17) is 10.5 Å². The molecule has 0 bridgehead atoms. The van der Waals surface area contributed by atoms with Gasteiger partial charge < -0.3 is 10.5 Å². The van der Waals surface area contributed by atoms with E-state index in [0.29, 0.717) is 23.3 Å². The summed E-state index contributed by atoms with van der Waals surface area (Å²) in [5.41, 5.74) is 6.64. The van der Waals surface area contributed by atoms with Crippen molar-refractivity contribution in [2.75, 3.05) is 12.0 Å². The Morgan fingerprint density at radius 2 is 1.94 bits per heavy atom. The highest BCUT2D eigenvalue weighted by Crippen LogP contribution is 2.50. The lowest BCUT2D eigenvalue weighted by molar-refractivity contribution is -0.138. The maximum Gasteiger partial charge on any atom is 0.416 e. The molecular formula is C25H24F3N3O3. The molecule has 1 aliphatic carbocycles. The fourth-order valence-corrected chi connectivity index (χ4v) is 4.72. The first-order valence-corrected chi connectivity index (χ1v) is 10.7. The van der Waals surface area contributed by atoms with Gasteiger partial charge in [-0.1, -0.05) is 26.0 Å². The smallest absolute Gasteiger partial charge is 0.416 e. The summed E-state index contributed by atoms with van der Waals surface area (Å²) in [6.45, 7) is 3.82. The Kier molecular flexibility index (Phi) is 5.75. The molecule has 1 aromatic heterocycles. The van der Waals surface area contributed by atoms with Crippen molar-refractivity contribution >= 4 is 17.4 Å². The third-order valence-corrected chi connectivity index (χ3v) is 6.12. The van der Waals surface area contributed by atoms with Crippen molar-refractivity contribution in [1.82, 2.24) is 4.98 Å². The zero-order valence-corrected chi connectivity index (χ0v) is 18.9. The molecule has 6 nitrogen and oxygen atoms in total. The zero-order chi connectivity index (χ0) is 24.8. The number of carbonyl (C=O) groups is 2. The normalized spacial score (nSPS) is 20.4. The Labute approximate surface area is 194 Å². The minimum Gasteiger partial charge on any atom is -0.466 e. The molecule has 2 aliphatic rings. The topological polar surface area (TPSA) is 85.5 Å². The molecule has 1 aliphatic heterocycles. The van der Waals surface area contributed by atoms with Gasteiger partial charge in [0.05, 0.1) is 24.2 Å². The summed E-state index contributed by atoms with van der Waals surface area (Å²) >= 11 is 0. The highest BCUT2D eigenvalue weighted by atomic mass is 19.4. The number of hydrogen-bond acceptors (Lipinski definition) is 6. The van der Waals surface area contributed by atoms with Crippen LogP contribution in [0.4, 0.5) is 18.9 Å². The van der Waals surface area contributed by atoms with Gasteiger partial charge in [-0.15, -0.1) is 0 Å². The van der Waals surface area contributed by atoms with Crippen LogP contribution in [0.1, 0.15) is 43.7 Å². The number of pyridine rings is 1. The molecule has 9 heteroatoms. The number of carbonyl (C=O) groups excluding carboxylic acids is 2. The van der Waals surface area contributed by atoms with E-state index in [2.05, 4.69) is 4.98 Å². The number of hydrogen-bond donors (Lipinski definition) is 1. The number of aromatic nitrogens is 1. The number of Topliss-reactive ketones (excluding diaryl/α,β-unsaturated/α-hetero) is 1. The van der Waals surface area contributed by atoms with Gasteiger partial charge in [0.25, 0.3) is 0 Å². The predicted octanol–water partition coefficient (Wildman–Crippen LogP) is 4.69. The van der Waals surface area contributed by atoms with E-state index < -0.39 is 29.0 Å². The van der Waals surface area contributed by atoms with Crippen LogP contribution < -0.4 is 10.6 Å². The van der Waals surface area contributed by atoms with Crippen molar-refractivity contribution in [3.63, 3.8) is 0 Å². The summed E-state index contributed by atoms with van der Waals surface area (Å²) < 4.78 is 45.4. The van der Waals surface area contributed by atoms with Crippen LogP contribution in [-0.4, -0.2) is 23.8 Å². The minimum atomic E-state index is -4.58. The minimum absolute atomic E-state index is 0.0142. The fraction of sp³-hybridized carbons (Fsp3) is 0.320. The molecule has 2 N–H and O–H groups in total. The van der Waals surface area contributed by atoms with Gasteiger partial charge >= 0.3 is 12.1 Å². The lowest BCUT2D eigenvalue weighted by atomic mass is 9.68. The Morgan fingerprint density at radius 3 is 2.56 bits per heavy atom. The Bertz CT molecular complexity index is 1220. The van der Waals surface area contributed by atoms with Gasteiger partial charge in [-0.3, -0.25) is 14.7 Å². The standard InChI is InChI=1S/C25H24F3N3O3/c1-24(2)11-17-20(18(32)12-24)19(14-6-5-9-30-13-14)21(23(33)34-3)22(29)31(17)16-8-4-7-15(10-16)25(26,27)28/h4-10,13,19H,11-12,29H2,1-3H3/t19-/m1/s1. The van der Waals surface area contributed by atoms with Crippen molar-refractivity contribution in [1.29, 1.82) is 0 Å². The maximum absolute atomic E-state index is 13.5. The average Bonchev–Trinajstić information content (AvgIpc) is 2.77. The Hall–Kier alpha value is -3.62. The van der Waals surface area contributed by atoms with Crippen molar-refractivity contribution in [3.05, 3.63) is 82.6 Å². The molecule has 0 unspecified atom stereocenters. The van der Waals surface area contributed by atoms with E-state index in [1.54, 1.807) is 24.5 Å². The van der Waals surface area contributed by atoms with Gasteiger partial charge in [0, 0.05) is 35.8 Å². The Morgan fingerprint density at radius 1 is 1.21 bits per heavy atom. The molecule has 0 saturated heterocycles. The maximum atomic E-state index is 13.5. The molecule has 1 aromatic carbocycles. The molecule has 34 heavy (non-hydrogen) atoms. The molecule has 2 heterocycles. The number of alkyl halides is 3. The quantitative estimate of drug-likeness (QED) is 0.654. The highest BCUT2D eigenvalue weighted by molar-refractivity contribution is 6.05. The van der Waals surface area contributed by atoms with E-state index >= 15 is 0 Å². The molecule has 0 radical (unpaired) electrons. The van der Waals surface area contributed by atoms with Crippen LogP contribution in [0, 0.1) is 5.41 Å². The lowest BCUT2D eigenvalue weighted by Gasteiger charge is -2.44. The van der Waals surface area contributed by atoms with Gasteiger partial charge in [0.15, 0.2) is 5.78 Å². The van der Waals surface area contributed by atoms with E-state index in [1.807, 2.05) is 13.8 Å². The van der Waals surface area contributed by atoms with Gasteiger partial charge in [0.2, 0.25) is 0 Å². The summed E-state index contributed by atoms with van der Waals surface area (Å²) in [4.78, 5) is 32.0. The summed E-state index contributed by atoms with van der Waals surface area (Å²) in [6, 6.07) is 8.06. The van der Waals surface area contributed by atoms with E-state index in [1.165, 1.54) is 24.1 Å². The van der Waals surface area contributed by atoms with Gasteiger partial charge in [-0.05, 0) is 41.7 Å². The zero-order valence-electron chi connectivity index (χ0n) is 18.9. The molecule has 178 valence electrons. The summed E-state index contributed by atoms with van der Waals surface area (Å²) in [6.07, 6.45) is -0.887. The summed E-state index contributed by atoms with van der Waals surface area (Å²) in [5.74, 6) is -1.90. The van der Waals surface area contributed by atoms with Crippen molar-refractivity contribution in [3.8, 4) is 0 Å². The van der Waals surface area contributed by atoms with Crippen LogP contribution >= 0.6 is 0 Å². The van der Waals surface area contributed by atoms with Crippen LogP contribution in [0.2, 0.25) is 0 Å². The fourth-order valence-electron chi connectivity index (χ4n) is 4.72. The van der Waals surface area contributed by atoms with Crippen LogP contribution in [0.3, 0.4) is 0 Å². The molecule has 2 aromatic rings. The van der Waals surface area contributed by atoms with E-state index in [9.17, 15) is 22.8 Å². The van der Waals surface area contributed by atoms with Crippen LogP contribution in [0.25, 0.3) is 0 Å². The number of nitrogens with zero attached hydrogens (tertiary/aromatic N) is 2. The Balaban J connectivity index is 2.03. The van der Waals surface area contributed by atoms with Gasteiger partial charge in [-0.2, -0.15) is 13.2 Å². The summed E-state index contributed by atoms with van der Waals surface area (Å²) in [5, 5.41) is 0. The second kappa shape index (κ2) is 8.30. The monoisotopic (exact) mass is 471 g/mol. The number of nitrogens with two attached hydrogens (primary N) is 1. The van der Waals surface area contributed by atoms with Gasteiger partial charge in [0.1, 0.15) is 5.82 Å². The van der Waals surface area contributed by atoms with Crippen LogP contribution in [0.15, 0.2) is 71.5 Å². The molecule has 1 atom stereocenters. The predicted molar refractivity (Wildman–Crippen MR) is 119 cm³/mol. The van der Waals surface area contributed by atoms with E-state index in [0.717, 1.165) is 12.1 Å². The number of anilines is 1. The molecule has 0 amide bonds. The lowest BCUT2D eigenvalue weighted by Crippen LogP contribution is -2.43. The van der Waals surface area contributed by atoms with E-state index in [-0.39, 0.29) is 29.3 Å². The second-order valence-electron chi connectivity index (χ2n) is 9.19. The number of rotatable bonds is 3. The largest absolute Gasteiger partial charge is 0.466 e. The molecule has 0 fully saturated rings. The molecule has 0 saturated carbocycles. The average molecular weight is 471 g/mol. The number of benzene rings is 1. The van der Waals surface area contributed by atoms with Gasteiger partial charge in [-0.25, -0.2) is 4.79 Å². The third-order valence-electron chi connectivity index (χ3n) is 6.12. The summed E-state index contributed by atoms with van der Waals surface area (Å²) in [7, 11) is 1.19. The number of ether oxygens (including phenoxy) is 1. The number of esters is 1. The van der Waals surface area contributed by atoms with Crippen molar-refractivity contribution < 1.29 is 27.5 Å². The van der Waals surface area contributed by atoms with Crippen molar-refractivity contribution in [2.24, 2.45) is 11.1 Å². The SMILES string of the molecule is COC(=O)C1=C(N)N(c2cccc(C(F)(F)F)c2)C2=C(C(=O)CC(C)(C)C2)[C@H]1c1cccnc1. The third kappa shape index (κ3) is 4.06. The van der Waals surface area contributed by atoms with Crippen LogP contribution in [0.5, 0.6) is 0 Å².